The van der Waals surface area contributed by atoms with E-state index in [1.165, 1.54) is 0 Å². The van der Waals surface area contributed by atoms with Crippen LogP contribution >= 0.6 is 34.8 Å². The zero-order chi connectivity index (χ0) is 9.08. The molecule has 0 aromatic rings. The van der Waals surface area contributed by atoms with Gasteiger partial charge in [0.05, 0.1) is 5.41 Å². The highest BCUT2D eigenvalue weighted by Gasteiger charge is 2.82. The van der Waals surface area contributed by atoms with Gasteiger partial charge in [0.1, 0.15) is 4.33 Å². The van der Waals surface area contributed by atoms with Crippen LogP contribution in [-0.4, -0.2) is 9.58 Å². The lowest BCUT2D eigenvalue weighted by molar-refractivity contribution is -0.116. The van der Waals surface area contributed by atoms with E-state index in [9.17, 15) is 4.79 Å². The fraction of sp³-hybridized carbons (Fsp3) is 0.857. The van der Waals surface area contributed by atoms with Crippen LogP contribution < -0.4 is 0 Å². The molecule has 0 N–H and O–H groups in total. The lowest BCUT2D eigenvalue weighted by Crippen LogP contribution is -2.13. The van der Waals surface area contributed by atoms with Crippen molar-refractivity contribution in [3.05, 3.63) is 0 Å². The van der Waals surface area contributed by atoms with E-state index in [4.69, 9.17) is 34.8 Å². The minimum absolute atomic E-state index is 0.429. The van der Waals surface area contributed by atoms with Gasteiger partial charge in [0.2, 0.25) is 5.24 Å². The third-order valence-electron chi connectivity index (χ3n) is 2.99. The van der Waals surface area contributed by atoms with Crippen molar-refractivity contribution in [2.75, 3.05) is 0 Å². The van der Waals surface area contributed by atoms with Gasteiger partial charge in [0.25, 0.3) is 0 Å². The normalized spacial score (nSPS) is 38.4. The molecule has 1 atom stereocenters. The summed E-state index contributed by atoms with van der Waals surface area (Å²) in [5.41, 5.74) is -1.23. The molecule has 1 unspecified atom stereocenters. The number of rotatable bonds is 1. The molecule has 1 aliphatic carbocycles. The second-order valence-corrected chi connectivity index (χ2v) is 5.27. The molecular formula is C7H9Cl3O. The summed E-state index contributed by atoms with van der Waals surface area (Å²) >= 11 is 17.2. The van der Waals surface area contributed by atoms with Crippen LogP contribution in [0, 0.1) is 10.8 Å². The van der Waals surface area contributed by atoms with Gasteiger partial charge in [0.15, 0.2) is 0 Å². The molecule has 0 amide bonds. The van der Waals surface area contributed by atoms with E-state index in [2.05, 4.69) is 0 Å². The molecule has 0 bridgehead atoms. The van der Waals surface area contributed by atoms with Crippen molar-refractivity contribution >= 4 is 40.0 Å². The second kappa shape index (κ2) is 2.07. The Hall–Kier alpha value is 0.540. The van der Waals surface area contributed by atoms with Gasteiger partial charge in [-0.15, -0.1) is 0 Å². The van der Waals surface area contributed by atoms with Gasteiger partial charge in [-0.25, -0.2) is 0 Å². The summed E-state index contributed by atoms with van der Waals surface area (Å²) in [5.74, 6) is 0. The molecule has 11 heavy (non-hydrogen) atoms. The quantitative estimate of drug-likeness (QED) is 0.485. The topological polar surface area (TPSA) is 17.1 Å². The number of carbonyl (C=O) groups excluding carboxylic acids is 1. The summed E-state index contributed by atoms with van der Waals surface area (Å²) in [6.07, 6.45) is 0. The first-order chi connectivity index (χ1) is 4.69. The van der Waals surface area contributed by atoms with Crippen LogP contribution in [0.25, 0.3) is 0 Å². The molecule has 1 rings (SSSR count). The van der Waals surface area contributed by atoms with Crippen LogP contribution in [0.3, 0.4) is 0 Å². The molecule has 0 spiro atoms. The molecule has 0 radical (unpaired) electrons. The fourth-order valence-electron chi connectivity index (χ4n) is 1.34. The van der Waals surface area contributed by atoms with Crippen molar-refractivity contribution in [3.63, 3.8) is 0 Å². The summed E-state index contributed by atoms with van der Waals surface area (Å²) in [5, 5.41) is -0.465. The highest BCUT2D eigenvalue weighted by Crippen LogP contribution is 2.78. The van der Waals surface area contributed by atoms with Crippen LogP contribution in [0.4, 0.5) is 0 Å². The largest absolute Gasteiger partial charge is 0.281 e. The lowest BCUT2D eigenvalue weighted by Gasteiger charge is -2.05. The molecule has 64 valence electrons. The molecule has 1 fully saturated rings. The Kier molecular flexibility index (Phi) is 1.81. The Bertz CT molecular complexity index is 206. The standard InChI is InChI=1S/C7H9Cl3O/c1-5(2)6(3,4(8)11)7(5,9)10/h1-3H3. The lowest BCUT2D eigenvalue weighted by atomic mass is 10.0. The minimum atomic E-state index is -1.02. The zero-order valence-corrected chi connectivity index (χ0v) is 8.81. The summed E-state index contributed by atoms with van der Waals surface area (Å²) in [6, 6.07) is 0. The van der Waals surface area contributed by atoms with Crippen LogP contribution in [0.2, 0.25) is 0 Å². The smallest absolute Gasteiger partial charge is 0.231 e. The first kappa shape index (κ1) is 9.63. The number of halogens is 3. The van der Waals surface area contributed by atoms with E-state index in [1.807, 2.05) is 13.8 Å². The Morgan fingerprint density at radius 1 is 1.18 bits per heavy atom. The van der Waals surface area contributed by atoms with Crippen LogP contribution in [0.15, 0.2) is 0 Å². The van der Waals surface area contributed by atoms with Crippen LogP contribution in [-0.2, 0) is 4.79 Å². The summed E-state index contributed by atoms with van der Waals surface area (Å²) < 4.78 is -1.02. The molecule has 0 saturated heterocycles. The monoisotopic (exact) mass is 214 g/mol. The fourth-order valence-corrected chi connectivity index (χ4v) is 2.74. The second-order valence-electron chi connectivity index (χ2n) is 3.60. The molecule has 1 aliphatic rings. The Balaban J connectivity index is 3.06. The Morgan fingerprint density at radius 2 is 1.45 bits per heavy atom. The van der Waals surface area contributed by atoms with E-state index >= 15 is 0 Å². The SMILES string of the molecule is CC1(C)C(Cl)(Cl)C1(C)C(=O)Cl. The Morgan fingerprint density at radius 3 is 1.45 bits per heavy atom. The van der Waals surface area contributed by atoms with Gasteiger partial charge >= 0.3 is 0 Å². The van der Waals surface area contributed by atoms with Crippen molar-refractivity contribution < 1.29 is 4.79 Å². The van der Waals surface area contributed by atoms with Crippen molar-refractivity contribution in [1.29, 1.82) is 0 Å². The van der Waals surface area contributed by atoms with Gasteiger partial charge in [-0.05, 0) is 18.5 Å². The third kappa shape index (κ3) is 0.773. The molecule has 0 heterocycles. The van der Waals surface area contributed by atoms with Gasteiger partial charge < -0.3 is 0 Å². The van der Waals surface area contributed by atoms with E-state index in [-0.39, 0.29) is 0 Å². The highest BCUT2D eigenvalue weighted by molar-refractivity contribution is 6.69. The van der Waals surface area contributed by atoms with E-state index < -0.39 is 20.4 Å². The van der Waals surface area contributed by atoms with Crippen LogP contribution in [0.5, 0.6) is 0 Å². The van der Waals surface area contributed by atoms with Gasteiger partial charge in [-0.2, -0.15) is 0 Å². The maximum absolute atomic E-state index is 11.0. The predicted octanol–water partition coefficient (Wildman–Crippen LogP) is 2.97. The van der Waals surface area contributed by atoms with Crippen molar-refractivity contribution in [3.8, 4) is 0 Å². The minimum Gasteiger partial charge on any atom is -0.281 e. The summed E-state index contributed by atoms with van der Waals surface area (Å²) in [4.78, 5) is 11.0. The van der Waals surface area contributed by atoms with Gasteiger partial charge in [-0.3, -0.25) is 4.79 Å². The van der Waals surface area contributed by atoms with Crippen molar-refractivity contribution in [1.82, 2.24) is 0 Å². The number of hydrogen-bond donors (Lipinski definition) is 0. The predicted molar refractivity (Wildman–Crippen MR) is 47.2 cm³/mol. The molecule has 4 heteroatoms. The van der Waals surface area contributed by atoms with E-state index in [0.717, 1.165) is 0 Å². The van der Waals surface area contributed by atoms with Gasteiger partial charge in [0, 0.05) is 5.41 Å². The van der Waals surface area contributed by atoms with E-state index in [1.54, 1.807) is 6.92 Å². The average molecular weight is 216 g/mol. The summed E-state index contributed by atoms with van der Waals surface area (Å²) in [6.45, 7) is 5.34. The summed E-state index contributed by atoms with van der Waals surface area (Å²) in [7, 11) is 0. The molecule has 1 nitrogen and oxygen atoms in total. The maximum Gasteiger partial charge on any atom is 0.231 e. The Labute approximate surface area is 81.0 Å². The van der Waals surface area contributed by atoms with Crippen molar-refractivity contribution in [2.24, 2.45) is 10.8 Å². The number of alkyl halides is 2. The molecule has 1 saturated carbocycles. The van der Waals surface area contributed by atoms with Gasteiger partial charge in [-0.1, -0.05) is 37.0 Å². The molecule has 0 aliphatic heterocycles. The average Bonchev–Trinajstić information content (AvgIpc) is 2.11. The van der Waals surface area contributed by atoms with E-state index in [0.29, 0.717) is 0 Å². The van der Waals surface area contributed by atoms with Crippen LogP contribution in [0.1, 0.15) is 20.8 Å². The molecular weight excluding hydrogens is 206 g/mol. The number of hydrogen-bond acceptors (Lipinski definition) is 1. The zero-order valence-electron chi connectivity index (χ0n) is 6.54. The first-order valence-electron chi connectivity index (χ1n) is 3.27. The highest BCUT2D eigenvalue weighted by atomic mass is 35.5. The molecule has 0 aromatic heterocycles. The third-order valence-corrected chi connectivity index (χ3v) is 5.07. The van der Waals surface area contributed by atoms with Crippen molar-refractivity contribution in [2.45, 2.75) is 25.1 Å². The first-order valence-corrected chi connectivity index (χ1v) is 4.40. The molecule has 0 aromatic carbocycles. The number of carbonyl (C=O) groups is 1. The maximum atomic E-state index is 11.0.